The first-order valence-corrected chi connectivity index (χ1v) is 5.41. The van der Waals surface area contributed by atoms with Crippen LogP contribution in [0.2, 0.25) is 0 Å². The molecule has 0 spiro atoms. The number of Topliss-reactive ketones (excluding diaryl/α,β-unsaturated/α-hetero) is 2. The molecule has 0 bridgehead atoms. The molecular weight excluding hydrogens is 188 g/mol. The first-order chi connectivity index (χ1) is 6.39. The predicted octanol–water partition coefficient (Wildman–Crippen LogP) is 3.24. The summed E-state index contributed by atoms with van der Waals surface area (Å²) >= 11 is 0. The maximum Gasteiger partial charge on any atom is 0.135 e. The van der Waals surface area contributed by atoms with Crippen LogP contribution in [0.3, 0.4) is 0 Å². The molecule has 0 saturated carbocycles. The highest BCUT2D eigenvalue weighted by molar-refractivity contribution is 5.87. The Kier molecular flexibility index (Phi) is 3.56. The smallest absolute Gasteiger partial charge is 0.135 e. The molecule has 0 aliphatic carbocycles. The summed E-state index contributed by atoms with van der Waals surface area (Å²) in [7, 11) is 0. The Hall–Kier alpha value is -0.660. The van der Waals surface area contributed by atoms with Crippen molar-refractivity contribution in [1.82, 2.24) is 0 Å². The van der Waals surface area contributed by atoms with Gasteiger partial charge in [-0.05, 0) is 19.3 Å². The number of hydrogen-bond donors (Lipinski definition) is 0. The van der Waals surface area contributed by atoms with E-state index in [1.54, 1.807) is 13.8 Å². The van der Waals surface area contributed by atoms with Crippen LogP contribution in [-0.4, -0.2) is 11.6 Å². The molecule has 0 rings (SSSR count). The van der Waals surface area contributed by atoms with Crippen molar-refractivity contribution in [2.75, 3.05) is 0 Å². The molecule has 0 radical (unpaired) electrons. The van der Waals surface area contributed by atoms with Gasteiger partial charge in [0.05, 0.1) is 0 Å². The summed E-state index contributed by atoms with van der Waals surface area (Å²) in [5.74, 6) is 0.253. The van der Waals surface area contributed by atoms with E-state index in [-0.39, 0.29) is 17.0 Å². The SMILES string of the molecule is CC(=O)C(C)(C)C(C)(C)C(C)(C)C(C)=O. The predicted molar refractivity (Wildman–Crippen MR) is 62.7 cm³/mol. The molecule has 2 heteroatoms. The maximum absolute atomic E-state index is 11.7. The largest absolute Gasteiger partial charge is 0.299 e. The van der Waals surface area contributed by atoms with Crippen LogP contribution in [0.15, 0.2) is 0 Å². The van der Waals surface area contributed by atoms with E-state index in [2.05, 4.69) is 0 Å². The van der Waals surface area contributed by atoms with E-state index in [1.807, 2.05) is 41.5 Å². The van der Waals surface area contributed by atoms with Gasteiger partial charge in [0.2, 0.25) is 0 Å². The van der Waals surface area contributed by atoms with Gasteiger partial charge in [-0.2, -0.15) is 0 Å². The van der Waals surface area contributed by atoms with Crippen molar-refractivity contribution >= 4 is 11.6 Å². The molecule has 0 atom stereocenters. The van der Waals surface area contributed by atoms with Crippen molar-refractivity contribution in [2.24, 2.45) is 16.2 Å². The molecule has 88 valence electrons. The van der Waals surface area contributed by atoms with Crippen molar-refractivity contribution in [3.8, 4) is 0 Å². The van der Waals surface area contributed by atoms with E-state index in [9.17, 15) is 9.59 Å². The molecule has 0 aliphatic heterocycles. The summed E-state index contributed by atoms with van der Waals surface area (Å²) < 4.78 is 0. The van der Waals surface area contributed by atoms with Crippen LogP contribution < -0.4 is 0 Å². The number of hydrogen-bond acceptors (Lipinski definition) is 2. The second-order valence-electron chi connectivity index (χ2n) is 5.99. The Morgan fingerprint density at radius 1 is 0.667 bits per heavy atom. The average Bonchev–Trinajstić information content (AvgIpc) is 2.02. The van der Waals surface area contributed by atoms with Gasteiger partial charge in [0, 0.05) is 10.8 Å². The molecule has 0 fully saturated rings. The summed E-state index contributed by atoms with van der Waals surface area (Å²) in [5.41, 5.74) is -1.36. The fraction of sp³-hybridized carbons (Fsp3) is 0.846. The van der Waals surface area contributed by atoms with Crippen molar-refractivity contribution in [2.45, 2.75) is 55.4 Å². The number of rotatable bonds is 4. The summed E-state index contributed by atoms with van der Waals surface area (Å²) in [5, 5.41) is 0. The standard InChI is InChI=1S/C13H24O2/c1-9(14)11(3,4)13(7,8)12(5,6)10(2)15/h1-8H3. The highest BCUT2D eigenvalue weighted by atomic mass is 16.1. The molecular formula is C13H24O2. The highest BCUT2D eigenvalue weighted by Crippen LogP contribution is 2.52. The lowest BCUT2D eigenvalue weighted by Gasteiger charge is -2.49. The maximum atomic E-state index is 11.7. The van der Waals surface area contributed by atoms with E-state index in [0.29, 0.717) is 0 Å². The van der Waals surface area contributed by atoms with E-state index in [1.165, 1.54) is 0 Å². The molecule has 0 aromatic heterocycles. The third-order valence-corrected chi connectivity index (χ3v) is 4.89. The van der Waals surface area contributed by atoms with Gasteiger partial charge in [0.1, 0.15) is 11.6 Å². The van der Waals surface area contributed by atoms with Crippen molar-refractivity contribution in [1.29, 1.82) is 0 Å². The van der Waals surface area contributed by atoms with Gasteiger partial charge in [0.25, 0.3) is 0 Å². The number of ketones is 2. The molecule has 0 amide bonds. The minimum atomic E-state index is -0.498. The zero-order valence-corrected chi connectivity index (χ0v) is 11.3. The molecule has 15 heavy (non-hydrogen) atoms. The van der Waals surface area contributed by atoms with Crippen LogP contribution in [0.4, 0.5) is 0 Å². The quantitative estimate of drug-likeness (QED) is 0.717. The molecule has 0 heterocycles. The first kappa shape index (κ1) is 14.3. The van der Waals surface area contributed by atoms with E-state index < -0.39 is 10.8 Å². The zero-order valence-electron chi connectivity index (χ0n) is 11.3. The van der Waals surface area contributed by atoms with Crippen LogP contribution in [-0.2, 0) is 9.59 Å². The average molecular weight is 212 g/mol. The fourth-order valence-corrected chi connectivity index (χ4v) is 1.66. The minimum absolute atomic E-state index is 0.127. The summed E-state index contributed by atoms with van der Waals surface area (Å²) in [4.78, 5) is 23.3. The highest BCUT2D eigenvalue weighted by Gasteiger charge is 2.52. The van der Waals surface area contributed by atoms with Crippen molar-refractivity contribution < 1.29 is 9.59 Å². The molecule has 0 aromatic carbocycles. The van der Waals surface area contributed by atoms with Gasteiger partial charge in [-0.3, -0.25) is 9.59 Å². The normalized spacial score (nSPS) is 13.9. The lowest BCUT2D eigenvalue weighted by Crippen LogP contribution is -2.50. The molecule has 0 saturated heterocycles. The van der Waals surface area contributed by atoms with Crippen LogP contribution in [0, 0.1) is 16.2 Å². The zero-order chi connectivity index (χ0) is 12.7. The first-order valence-electron chi connectivity index (χ1n) is 5.41. The van der Waals surface area contributed by atoms with Gasteiger partial charge >= 0.3 is 0 Å². The lowest BCUT2D eigenvalue weighted by atomic mass is 9.52. The third kappa shape index (κ3) is 1.99. The topological polar surface area (TPSA) is 34.1 Å². The fourth-order valence-electron chi connectivity index (χ4n) is 1.66. The van der Waals surface area contributed by atoms with Gasteiger partial charge in [-0.15, -0.1) is 0 Å². The van der Waals surface area contributed by atoms with Gasteiger partial charge < -0.3 is 0 Å². The lowest BCUT2D eigenvalue weighted by molar-refractivity contribution is -0.146. The van der Waals surface area contributed by atoms with Crippen molar-refractivity contribution in [3.05, 3.63) is 0 Å². The molecule has 2 nitrogen and oxygen atoms in total. The second kappa shape index (κ2) is 3.73. The monoisotopic (exact) mass is 212 g/mol. The Labute approximate surface area is 93.4 Å². The van der Waals surface area contributed by atoms with E-state index >= 15 is 0 Å². The number of carbonyl (C=O) groups excluding carboxylic acids is 2. The molecule has 0 N–H and O–H groups in total. The van der Waals surface area contributed by atoms with Crippen LogP contribution >= 0.6 is 0 Å². The van der Waals surface area contributed by atoms with Gasteiger partial charge in [0.15, 0.2) is 0 Å². The second-order valence-corrected chi connectivity index (χ2v) is 5.99. The summed E-state index contributed by atoms with van der Waals surface area (Å²) in [6.07, 6.45) is 0. The summed E-state index contributed by atoms with van der Waals surface area (Å²) in [6, 6.07) is 0. The van der Waals surface area contributed by atoms with Gasteiger partial charge in [-0.25, -0.2) is 0 Å². The Bertz CT molecular complexity index is 255. The van der Waals surface area contributed by atoms with E-state index in [4.69, 9.17) is 0 Å². The van der Waals surface area contributed by atoms with Crippen LogP contribution in [0.5, 0.6) is 0 Å². The number of carbonyl (C=O) groups is 2. The third-order valence-electron chi connectivity index (χ3n) is 4.89. The molecule has 0 aliphatic rings. The summed E-state index contributed by atoms with van der Waals surface area (Å²) in [6.45, 7) is 14.8. The minimum Gasteiger partial charge on any atom is -0.299 e. The van der Waals surface area contributed by atoms with Crippen LogP contribution in [0.25, 0.3) is 0 Å². The van der Waals surface area contributed by atoms with Gasteiger partial charge in [-0.1, -0.05) is 41.5 Å². The Morgan fingerprint density at radius 3 is 1.00 bits per heavy atom. The van der Waals surface area contributed by atoms with E-state index in [0.717, 1.165) is 0 Å². The Morgan fingerprint density at radius 2 is 0.867 bits per heavy atom. The van der Waals surface area contributed by atoms with Crippen molar-refractivity contribution in [3.63, 3.8) is 0 Å². The van der Waals surface area contributed by atoms with Crippen LogP contribution in [0.1, 0.15) is 55.4 Å². The Balaban J connectivity index is 5.50. The molecule has 0 aromatic rings. The molecule has 0 unspecified atom stereocenters.